The van der Waals surface area contributed by atoms with Crippen LogP contribution in [0.1, 0.15) is 12.0 Å². The van der Waals surface area contributed by atoms with Gasteiger partial charge in [0, 0.05) is 24.4 Å². The van der Waals surface area contributed by atoms with Gasteiger partial charge in [0.2, 0.25) is 5.91 Å². The molecule has 2 N–H and O–H groups in total. The molecule has 4 nitrogen and oxygen atoms in total. The molecule has 1 saturated heterocycles. The number of methoxy groups -OCH3 is 1. The van der Waals surface area contributed by atoms with Crippen molar-refractivity contribution in [3.05, 3.63) is 28.8 Å². The second-order valence-electron chi connectivity index (χ2n) is 4.50. The van der Waals surface area contributed by atoms with Crippen LogP contribution in [0.25, 0.3) is 0 Å². The molecule has 0 aliphatic carbocycles. The number of halogens is 1. The first-order chi connectivity index (χ1) is 8.60. The van der Waals surface area contributed by atoms with Gasteiger partial charge >= 0.3 is 0 Å². The molecule has 0 spiro atoms. The van der Waals surface area contributed by atoms with E-state index >= 15 is 0 Å². The summed E-state index contributed by atoms with van der Waals surface area (Å²) in [5.41, 5.74) is 1.75. The normalized spacial score (nSPS) is 23.1. The van der Waals surface area contributed by atoms with Gasteiger partial charge in [-0.3, -0.25) is 4.79 Å². The predicted molar refractivity (Wildman–Crippen MR) is 72.0 cm³/mol. The number of carbonyl (C=O) groups excluding carboxylic acids is 1. The summed E-state index contributed by atoms with van der Waals surface area (Å²) in [4.78, 5) is 12.1. The number of carbonyl (C=O) groups is 1. The molecule has 1 amide bonds. The average Bonchev–Trinajstić information content (AvgIpc) is 2.81. The molecule has 98 valence electrons. The van der Waals surface area contributed by atoms with Crippen LogP contribution in [-0.4, -0.2) is 31.7 Å². The van der Waals surface area contributed by atoms with Crippen LogP contribution in [0.5, 0.6) is 0 Å². The van der Waals surface area contributed by atoms with E-state index in [0.29, 0.717) is 18.0 Å². The van der Waals surface area contributed by atoms with E-state index in [1.807, 2.05) is 19.1 Å². The van der Waals surface area contributed by atoms with Crippen LogP contribution in [0.2, 0.25) is 5.02 Å². The van der Waals surface area contributed by atoms with E-state index in [4.69, 9.17) is 16.3 Å². The van der Waals surface area contributed by atoms with Gasteiger partial charge in [-0.05, 0) is 37.1 Å². The standard InChI is InChI=1S/C13H17ClN2O2/c1-8-5-9(14)3-4-11(8)16-13(17)12-6-10(18-2)7-15-12/h3-5,10,12,15H,6-7H2,1-2H3,(H,16,17). The Morgan fingerprint density at radius 3 is 2.94 bits per heavy atom. The molecular weight excluding hydrogens is 252 g/mol. The topological polar surface area (TPSA) is 50.4 Å². The fourth-order valence-corrected chi connectivity index (χ4v) is 2.30. The summed E-state index contributed by atoms with van der Waals surface area (Å²) >= 11 is 5.88. The summed E-state index contributed by atoms with van der Waals surface area (Å²) in [5, 5.41) is 6.72. The van der Waals surface area contributed by atoms with Crippen LogP contribution in [0.3, 0.4) is 0 Å². The van der Waals surface area contributed by atoms with Crippen LogP contribution in [0.4, 0.5) is 5.69 Å². The largest absolute Gasteiger partial charge is 0.380 e. The number of anilines is 1. The van der Waals surface area contributed by atoms with E-state index in [0.717, 1.165) is 11.3 Å². The minimum absolute atomic E-state index is 0.0278. The van der Waals surface area contributed by atoms with E-state index in [-0.39, 0.29) is 18.1 Å². The number of ether oxygens (including phenoxy) is 1. The highest BCUT2D eigenvalue weighted by molar-refractivity contribution is 6.30. The summed E-state index contributed by atoms with van der Waals surface area (Å²) in [7, 11) is 1.66. The molecule has 2 unspecified atom stereocenters. The third-order valence-electron chi connectivity index (χ3n) is 3.19. The lowest BCUT2D eigenvalue weighted by Crippen LogP contribution is -2.35. The smallest absolute Gasteiger partial charge is 0.241 e. The summed E-state index contributed by atoms with van der Waals surface area (Å²) in [6.45, 7) is 2.63. The highest BCUT2D eigenvalue weighted by Crippen LogP contribution is 2.20. The zero-order valence-corrected chi connectivity index (χ0v) is 11.3. The average molecular weight is 269 g/mol. The van der Waals surface area contributed by atoms with Crippen molar-refractivity contribution in [2.24, 2.45) is 0 Å². The Balaban J connectivity index is 1.99. The molecule has 1 aromatic carbocycles. The molecule has 0 saturated carbocycles. The Kier molecular flexibility index (Phi) is 4.22. The molecule has 1 fully saturated rings. The number of hydrogen-bond donors (Lipinski definition) is 2. The van der Waals surface area contributed by atoms with Crippen LogP contribution in [-0.2, 0) is 9.53 Å². The number of hydrogen-bond acceptors (Lipinski definition) is 3. The Morgan fingerprint density at radius 1 is 1.56 bits per heavy atom. The minimum Gasteiger partial charge on any atom is -0.380 e. The van der Waals surface area contributed by atoms with Gasteiger partial charge in [-0.2, -0.15) is 0 Å². The molecule has 1 aliphatic heterocycles. The van der Waals surface area contributed by atoms with Crippen molar-refractivity contribution in [1.82, 2.24) is 5.32 Å². The van der Waals surface area contributed by atoms with Gasteiger partial charge in [-0.15, -0.1) is 0 Å². The van der Waals surface area contributed by atoms with Crippen LogP contribution in [0, 0.1) is 6.92 Å². The zero-order valence-electron chi connectivity index (χ0n) is 10.5. The van der Waals surface area contributed by atoms with Gasteiger partial charge in [0.25, 0.3) is 0 Å². The van der Waals surface area contributed by atoms with Crippen molar-refractivity contribution in [3.8, 4) is 0 Å². The molecule has 2 rings (SSSR count). The Labute approximate surface area is 112 Å². The Hall–Kier alpha value is -1.10. The fourth-order valence-electron chi connectivity index (χ4n) is 2.07. The van der Waals surface area contributed by atoms with Crippen LogP contribution in [0.15, 0.2) is 18.2 Å². The second kappa shape index (κ2) is 5.69. The lowest BCUT2D eigenvalue weighted by Gasteiger charge is -2.13. The van der Waals surface area contributed by atoms with Gasteiger partial charge in [-0.25, -0.2) is 0 Å². The summed E-state index contributed by atoms with van der Waals surface area (Å²) in [5.74, 6) is -0.0278. The van der Waals surface area contributed by atoms with Crippen LogP contribution < -0.4 is 10.6 Å². The van der Waals surface area contributed by atoms with Crippen molar-refractivity contribution >= 4 is 23.2 Å². The predicted octanol–water partition coefficient (Wildman–Crippen LogP) is 1.96. The van der Waals surface area contributed by atoms with E-state index < -0.39 is 0 Å². The maximum atomic E-state index is 12.1. The summed E-state index contributed by atoms with van der Waals surface area (Å²) in [6, 6.07) is 5.23. The maximum Gasteiger partial charge on any atom is 0.241 e. The van der Waals surface area contributed by atoms with E-state index in [2.05, 4.69) is 10.6 Å². The first-order valence-corrected chi connectivity index (χ1v) is 6.31. The third kappa shape index (κ3) is 3.02. The Morgan fingerprint density at radius 2 is 2.33 bits per heavy atom. The molecule has 1 heterocycles. The molecular formula is C13H17ClN2O2. The number of rotatable bonds is 3. The first-order valence-electron chi connectivity index (χ1n) is 5.93. The van der Waals surface area contributed by atoms with Crippen molar-refractivity contribution < 1.29 is 9.53 Å². The lowest BCUT2D eigenvalue weighted by atomic mass is 10.1. The van der Waals surface area contributed by atoms with E-state index in [9.17, 15) is 4.79 Å². The van der Waals surface area contributed by atoms with Gasteiger partial charge < -0.3 is 15.4 Å². The number of nitrogens with one attached hydrogen (secondary N) is 2. The molecule has 1 aromatic rings. The first kappa shape index (κ1) is 13.3. The summed E-state index contributed by atoms with van der Waals surface area (Å²) < 4.78 is 5.22. The molecule has 0 aromatic heterocycles. The van der Waals surface area contributed by atoms with Gasteiger partial charge in [0.05, 0.1) is 12.1 Å². The number of benzene rings is 1. The van der Waals surface area contributed by atoms with Crippen molar-refractivity contribution in [2.75, 3.05) is 19.0 Å². The van der Waals surface area contributed by atoms with Crippen LogP contribution >= 0.6 is 11.6 Å². The molecule has 2 atom stereocenters. The molecule has 0 radical (unpaired) electrons. The van der Waals surface area contributed by atoms with Crippen molar-refractivity contribution in [3.63, 3.8) is 0 Å². The van der Waals surface area contributed by atoms with Crippen molar-refractivity contribution in [1.29, 1.82) is 0 Å². The number of amides is 1. The van der Waals surface area contributed by atoms with Gasteiger partial charge in [0.1, 0.15) is 0 Å². The fraction of sp³-hybridized carbons (Fsp3) is 0.462. The minimum atomic E-state index is -0.190. The molecule has 5 heteroatoms. The highest BCUT2D eigenvalue weighted by Gasteiger charge is 2.29. The molecule has 0 bridgehead atoms. The SMILES string of the molecule is COC1CNC(C(=O)Nc2ccc(Cl)cc2C)C1. The van der Waals surface area contributed by atoms with E-state index in [1.54, 1.807) is 13.2 Å². The van der Waals surface area contributed by atoms with E-state index in [1.165, 1.54) is 0 Å². The quantitative estimate of drug-likeness (QED) is 0.881. The zero-order chi connectivity index (χ0) is 13.1. The summed E-state index contributed by atoms with van der Waals surface area (Å²) in [6.07, 6.45) is 0.821. The molecule has 18 heavy (non-hydrogen) atoms. The van der Waals surface area contributed by atoms with Gasteiger partial charge in [0.15, 0.2) is 0 Å². The molecule has 1 aliphatic rings. The Bertz CT molecular complexity index is 451. The highest BCUT2D eigenvalue weighted by atomic mass is 35.5. The number of aryl methyl sites for hydroxylation is 1. The monoisotopic (exact) mass is 268 g/mol. The van der Waals surface area contributed by atoms with Gasteiger partial charge in [-0.1, -0.05) is 11.6 Å². The third-order valence-corrected chi connectivity index (χ3v) is 3.42. The lowest BCUT2D eigenvalue weighted by molar-refractivity contribution is -0.118. The maximum absolute atomic E-state index is 12.1. The second-order valence-corrected chi connectivity index (χ2v) is 4.94. The van der Waals surface area contributed by atoms with Crippen molar-refractivity contribution in [2.45, 2.75) is 25.5 Å².